The summed E-state index contributed by atoms with van der Waals surface area (Å²) in [5.74, 6) is 0.818. The zero-order valence-corrected chi connectivity index (χ0v) is 13.1. The van der Waals surface area contributed by atoms with E-state index in [4.69, 9.17) is 0 Å². The standard InChI is InChI=1S/C14H24N4OS/c1-3-8-16-13(19)7-10-18-14(15-2)17-9-6-12-5-4-11-20-12/h4-5,11H,3,6-10H2,1-2H3,(H,16,19)(H2,15,17,18). The van der Waals surface area contributed by atoms with E-state index in [1.54, 1.807) is 18.4 Å². The molecule has 0 spiro atoms. The van der Waals surface area contributed by atoms with Crippen molar-refractivity contribution in [3.63, 3.8) is 0 Å². The van der Waals surface area contributed by atoms with Crippen LogP contribution in [-0.2, 0) is 11.2 Å². The molecular formula is C14H24N4OS. The molecule has 0 bridgehead atoms. The van der Waals surface area contributed by atoms with Crippen LogP contribution >= 0.6 is 11.3 Å². The van der Waals surface area contributed by atoms with Crippen LogP contribution in [0.3, 0.4) is 0 Å². The van der Waals surface area contributed by atoms with Crippen LogP contribution in [0.15, 0.2) is 22.5 Å². The van der Waals surface area contributed by atoms with Crippen molar-refractivity contribution in [1.29, 1.82) is 0 Å². The first-order valence-corrected chi connectivity index (χ1v) is 7.87. The third kappa shape index (κ3) is 7.13. The smallest absolute Gasteiger partial charge is 0.221 e. The summed E-state index contributed by atoms with van der Waals surface area (Å²) in [6.45, 7) is 4.21. The number of thiophene rings is 1. The molecule has 112 valence electrons. The third-order valence-electron chi connectivity index (χ3n) is 2.68. The van der Waals surface area contributed by atoms with E-state index in [1.807, 2.05) is 6.92 Å². The molecule has 0 radical (unpaired) electrons. The Labute approximate surface area is 124 Å². The summed E-state index contributed by atoms with van der Waals surface area (Å²) in [5, 5.41) is 11.3. The molecule has 1 heterocycles. The fraction of sp³-hybridized carbons (Fsp3) is 0.571. The molecule has 1 aromatic heterocycles. The third-order valence-corrected chi connectivity index (χ3v) is 3.62. The van der Waals surface area contributed by atoms with E-state index in [2.05, 4.69) is 38.5 Å². The Kier molecular flexibility index (Phi) is 8.46. The number of carbonyl (C=O) groups excluding carboxylic acids is 1. The number of nitrogens with zero attached hydrogens (tertiary/aromatic N) is 1. The second kappa shape index (κ2) is 10.3. The largest absolute Gasteiger partial charge is 0.356 e. The summed E-state index contributed by atoms with van der Waals surface area (Å²) in [4.78, 5) is 16.9. The first-order chi connectivity index (χ1) is 9.76. The number of hydrogen-bond donors (Lipinski definition) is 3. The van der Waals surface area contributed by atoms with Gasteiger partial charge in [0.05, 0.1) is 0 Å². The van der Waals surface area contributed by atoms with Crippen molar-refractivity contribution in [3.05, 3.63) is 22.4 Å². The predicted molar refractivity (Wildman–Crippen MR) is 85.3 cm³/mol. The molecule has 3 N–H and O–H groups in total. The van der Waals surface area contributed by atoms with Crippen LogP contribution < -0.4 is 16.0 Å². The van der Waals surface area contributed by atoms with E-state index in [9.17, 15) is 4.79 Å². The summed E-state index contributed by atoms with van der Waals surface area (Å²) in [5.41, 5.74) is 0. The van der Waals surface area contributed by atoms with Crippen LogP contribution in [0.25, 0.3) is 0 Å². The highest BCUT2D eigenvalue weighted by molar-refractivity contribution is 7.09. The van der Waals surface area contributed by atoms with E-state index in [0.717, 1.165) is 31.9 Å². The van der Waals surface area contributed by atoms with Gasteiger partial charge in [-0.1, -0.05) is 13.0 Å². The minimum Gasteiger partial charge on any atom is -0.356 e. The van der Waals surface area contributed by atoms with E-state index >= 15 is 0 Å². The van der Waals surface area contributed by atoms with E-state index in [0.29, 0.717) is 13.0 Å². The lowest BCUT2D eigenvalue weighted by Crippen LogP contribution is -2.40. The first-order valence-electron chi connectivity index (χ1n) is 6.99. The average Bonchev–Trinajstić information content (AvgIpc) is 2.96. The van der Waals surface area contributed by atoms with Gasteiger partial charge >= 0.3 is 0 Å². The molecule has 0 unspecified atom stereocenters. The highest BCUT2D eigenvalue weighted by atomic mass is 32.1. The van der Waals surface area contributed by atoms with Crippen molar-refractivity contribution in [2.75, 3.05) is 26.7 Å². The number of nitrogens with one attached hydrogen (secondary N) is 3. The summed E-state index contributed by atoms with van der Waals surface area (Å²) >= 11 is 1.76. The molecule has 0 saturated heterocycles. The normalized spacial score (nSPS) is 11.2. The van der Waals surface area contributed by atoms with Crippen molar-refractivity contribution in [3.8, 4) is 0 Å². The van der Waals surface area contributed by atoms with Crippen LogP contribution in [-0.4, -0.2) is 38.5 Å². The van der Waals surface area contributed by atoms with Crippen LogP contribution in [0.2, 0.25) is 0 Å². The number of guanidine groups is 1. The zero-order chi connectivity index (χ0) is 14.6. The molecule has 0 atom stereocenters. The Morgan fingerprint density at radius 3 is 2.70 bits per heavy atom. The minimum absolute atomic E-state index is 0.0772. The molecule has 0 aliphatic carbocycles. The van der Waals surface area contributed by atoms with E-state index in [-0.39, 0.29) is 5.91 Å². The lowest BCUT2D eigenvalue weighted by atomic mass is 10.3. The molecule has 20 heavy (non-hydrogen) atoms. The van der Waals surface area contributed by atoms with Crippen molar-refractivity contribution >= 4 is 23.2 Å². The fourth-order valence-corrected chi connectivity index (χ4v) is 2.34. The maximum Gasteiger partial charge on any atom is 0.221 e. The predicted octanol–water partition coefficient (Wildman–Crippen LogP) is 1.37. The number of hydrogen-bond acceptors (Lipinski definition) is 3. The van der Waals surface area contributed by atoms with Gasteiger partial charge in [0.1, 0.15) is 0 Å². The fourth-order valence-electron chi connectivity index (χ4n) is 1.63. The molecule has 0 aliphatic rings. The molecule has 0 aromatic carbocycles. The van der Waals surface area contributed by atoms with Gasteiger partial charge in [-0.15, -0.1) is 11.3 Å². The molecular weight excluding hydrogens is 272 g/mol. The summed E-state index contributed by atoms with van der Waals surface area (Å²) < 4.78 is 0. The second-order valence-corrected chi connectivity index (χ2v) is 5.39. The highest BCUT2D eigenvalue weighted by Gasteiger charge is 2.01. The molecule has 1 rings (SSSR count). The van der Waals surface area contributed by atoms with Crippen LogP contribution in [0.5, 0.6) is 0 Å². The van der Waals surface area contributed by atoms with Crippen LogP contribution in [0, 0.1) is 0 Å². The van der Waals surface area contributed by atoms with Crippen molar-refractivity contribution in [2.24, 2.45) is 4.99 Å². The number of rotatable bonds is 8. The molecule has 6 heteroatoms. The summed E-state index contributed by atoms with van der Waals surface area (Å²) in [6, 6.07) is 4.18. The molecule has 1 aromatic rings. The van der Waals surface area contributed by atoms with Gasteiger partial charge in [0.25, 0.3) is 0 Å². The minimum atomic E-state index is 0.0772. The maximum atomic E-state index is 11.4. The Morgan fingerprint density at radius 1 is 1.25 bits per heavy atom. The molecule has 0 saturated carbocycles. The SMILES string of the molecule is CCCNC(=O)CCNC(=NC)NCCc1cccs1. The zero-order valence-electron chi connectivity index (χ0n) is 12.2. The quantitative estimate of drug-likeness (QED) is 0.501. The summed E-state index contributed by atoms with van der Waals surface area (Å²) in [6.07, 6.45) is 2.41. The lowest BCUT2D eigenvalue weighted by Gasteiger charge is -2.11. The Hall–Kier alpha value is -1.56. The van der Waals surface area contributed by atoms with E-state index < -0.39 is 0 Å². The number of carbonyl (C=O) groups is 1. The second-order valence-electron chi connectivity index (χ2n) is 4.36. The van der Waals surface area contributed by atoms with Gasteiger partial charge < -0.3 is 16.0 Å². The van der Waals surface area contributed by atoms with Gasteiger partial charge in [0, 0.05) is 38.0 Å². The van der Waals surface area contributed by atoms with Gasteiger partial charge in [-0.25, -0.2) is 0 Å². The average molecular weight is 296 g/mol. The Morgan fingerprint density at radius 2 is 2.05 bits per heavy atom. The Balaban J connectivity index is 2.12. The van der Waals surface area contributed by atoms with Crippen molar-refractivity contribution < 1.29 is 4.79 Å². The summed E-state index contributed by atoms with van der Waals surface area (Å²) in [7, 11) is 1.73. The van der Waals surface area contributed by atoms with Crippen molar-refractivity contribution in [1.82, 2.24) is 16.0 Å². The molecule has 5 nitrogen and oxygen atoms in total. The van der Waals surface area contributed by atoms with Gasteiger partial charge in [0.15, 0.2) is 5.96 Å². The topological polar surface area (TPSA) is 65.5 Å². The van der Waals surface area contributed by atoms with Gasteiger partial charge in [-0.3, -0.25) is 9.79 Å². The van der Waals surface area contributed by atoms with Gasteiger partial charge in [0.2, 0.25) is 5.91 Å². The number of aliphatic imine (C=N–C) groups is 1. The Bertz CT molecular complexity index is 403. The van der Waals surface area contributed by atoms with Gasteiger partial charge in [-0.2, -0.15) is 0 Å². The van der Waals surface area contributed by atoms with Crippen LogP contribution in [0.1, 0.15) is 24.6 Å². The molecule has 0 aliphatic heterocycles. The van der Waals surface area contributed by atoms with Crippen molar-refractivity contribution in [2.45, 2.75) is 26.2 Å². The maximum absolute atomic E-state index is 11.4. The highest BCUT2D eigenvalue weighted by Crippen LogP contribution is 2.07. The lowest BCUT2D eigenvalue weighted by molar-refractivity contribution is -0.120. The van der Waals surface area contributed by atoms with Crippen LogP contribution in [0.4, 0.5) is 0 Å². The molecule has 0 fully saturated rings. The first kappa shape index (κ1) is 16.5. The van der Waals surface area contributed by atoms with E-state index in [1.165, 1.54) is 4.88 Å². The monoisotopic (exact) mass is 296 g/mol. The number of amides is 1. The molecule has 1 amide bonds. The van der Waals surface area contributed by atoms with Gasteiger partial charge in [-0.05, 0) is 24.3 Å².